The molecule has 1 aliphatic rings. The Bertz CT molecular complexity index is 1510. The predicted octanol–water partition coefficient (Wildman–Crippen LogP) is 6.32. The van der Waals surface area contributed by atoms with Crippen LogP contribution in [0.25, 0.3) is 42.3 Å². The van der Waals surface area contributed by atoms with Gasteiger partial charge in [0, 0.05) is 55.5 Å². The third kappa shape index (κ3) is 3.12. The third-order valence-electron chi connectivity index (χ3n) is 5.82. The molecule has 0 aliphatic carbocycles. The second-order valence-corrected chi connectivity index (χ2v) is 9.14. The van der Waals surface area contributed by atoms with Crippen molar-refractivity contribution in [1.29, 1.82) is 0 Å². The fraction of sp³-hybridized carbons (Fsp3) is 0.160. The van der Waals surface area contributed by atoms with Gasteiger partial charge >= 0.3 is 0 Å². The number of fused-ring (bicyclic) bond motifs is 4. The SMILES string of the molecule is O=c1cc(N2CCOCC2)oc2c(-c3cccc4c3sc3cc(Cl)ccc34)cccc12. The van der Waals surface area contributed by atoms with Crippen LogP contribution in [-0.2, 0) is 4.74 Å². The van der Waals surface area contributed by atoms with E-state index >= 15 is 0 Å². The topological polar surface area (TPSA) is 42.7 Å². The van der Waals surface area contributed by atoms with E-state index in [-0.39, 0.29) is 5.43 Å². The van der Waals surface area contributed by atoms with Crippen molar-refractivity contribution in [2.75, 3.05) is 31.2 Å². The number of morpholine rings is 1. The second-order valence-electron chi connectivity index (χ2n) is 7.66. The lowest BCUT2D eigenvalue weighted by atomic mass is 10.0. The molecule has 0 saturated carbocycles. The minimum atomic E-state index is -0.0279. The zero-order valence-corrected chi connectivity index (χ0v) is 18.1. The summed E-state index contributed by atoms with van der Waals surface area (Å²) in [5.41, 5.74) is 2.58. The van der Waals surface area contributed by atoms with Gasteiger partial charge in [-0.05, 0) is 18.2 Å². The van der Waals surface area contributed by atoms with Crippen molar-refractivity contribution in [1.82, 2.24) is 0 Å². The van der Waals surface area contributed by atoms with Gasteiger partial charge in [-0.3, -0.25) is 4.79 Å². The summed E-state index contributed by atoms with van der Waals surface area (Å²) in [6, 6.07) is 19.7. The molecule has 6 heteroatoms. The van der Waals surface area contributed by atoms with Crippen LogP contribution >= 0.6 is 22.9 Å². The monoisotopic (exact) mass is 447 g/mol. The zero-order chi connectivity index (χ0) is 20.9. The molecular weight excluding hydrogens is 430 g/mol. The maximum atomic E-state index is 12.9. The normalized spacial score (nSPS) is 14.7. The fourth-order valence-corrected chi connectivity index (χ4v) is 5.81. The van der Waals surface area contributed by atoms with Crippen molar-refractivity contribution in [3.05, 3.63) is 75.9 Å². The van der Waals surface area contributed by atoms with Gasteiger partial charge in [0.2, 0.25) is 0 Å². The van der Waals surface area contributed by atoms with Crippen LogP contribution in [0.1, 0.15) is 0 Å². The van der Waals surface area contributed by atoms with Crippen LogP contribution in [0.2, 0.25) is 5.02 Å². The quantitative estimate of drug-likeness (QED) is 0.317. The van der Waals surface area contributed by atoms with E-state index in [0.717, 1.165) is 25.5 Å². The molecule has 4 nitrogen and oxygen atoms in total. The molecule has 1 saturated heterocycles. The molecule has 0 radical (unpaired) electrons. The summed E-state index contributed by atoms with van der Waals surface area (Å²) < 4.78 is 14.1. The lowest BCUT2D eigenvalue weighted by molar-refractivity contribution is 0.121. The zero-order valence-electron chi connectivity index (χ0n) is 16.6. The number of ether oxygens (including phenoxy) is 1. The number of benzene rings is 3. The Morgan fingerprint density at radius 2 is 1.65 bits per heavy atom. The van der Waals surface area contributed by atoms with Crippen molar-refractivity contribution in [2.24, 2.45) is 0 Å². The maximum Gasteiger partial charge on any atom is 0.200 e. The maximum absolute atomic E-state index is 12.9. The summed E-state index contributed by atoms with van der Waals surface area (Å²) in [5, 5.41) is 3.68. The van der Waals surface area contributed by atoms with E-state index in [9.17, 15) is 4.79 Å². The van der Waals surface area contributed by atoms with Gasteiger partial charge in [-0.15, -0.1) is 11.3 Å². The van der Waals surface area contributed by atoms with Crippen LogP contribution in [0.3, 0.4) is 0 Å². The van der Waals surface area contributed by atoms with Crippen molar-refractivity contribution in [3.8, 4) is 11.1 Å². The molecule has 6 rings (SSSR count). The summed E-state index contributed by atoms with van der Waals surface area (Å²) in [4.78, 5) is 15.0. The number of nitrogens with zero attached hydrogens (tertiary/aromatic N) is 1. The van der Waals surface area contributed by atoms with Gasteiger partial charge in [-0.2, -0.15) is 0 Å². The molecule has 3 heterocycles. The number of thiophene rings is 1. The first-order valence-electron chi connectivity index (χ1n) is 10.2. The van der Waals surface area contributed by atoms with Gasteiger partial charge in [0.05, 0.1) is 18.6 Å². The highest BCUT2D eigenvalue weighted by Gasteiger charge is 2.19. The minimum absolute atomic E-state index is 0.0279. The summed E-state index contributed by atoms with van der Waals surface area (Å²) in [5.74, 6) is 0.601. The molecule has 0 atom stereocenters. The van der Waals surface area contributed by atoms with Crippen LogP contribution in [0.5, 0.6) is 0 Å². The van der Waals surface area contributed by atoms with Crippen LogP contribution < -0.4 is 10.3 Å². The van der Waals surface area contributed by atoms with Crippen molar-refractivity contribution >= 4 is 60.0 Å². The van der Waals surface area contributed by atoms with Gasteiger partial charge in [0.15, 0.2) is 11.3 Å². The first-order chi connectivity index (χ1) is 15.2. The third-order valence-corrected chi connectivity index (χ3v) is 7.25. The van der Waals surface area contributed by atoms with E-state index in [4.69, 9.17) is 20.8 Å². The fourth-order valence-electron chi connectivity index (χ4n) is 4.30. The first kappa shape index (κ1) is 18.9. The first-order valence-corrected chi connectivity index (χ1v) is 11.4. The van der Waals surface area contributed by atoms with E-state index in [0.29, 0.717) is 43.2 Å². The standard InChI is InChI=1S/C25H18ClNO3S/c26-15-7-8-16-18-4-2-5-19(25(18)31-22(16)13-15)17-3-1-6-20-21(28)14-23(30-24(17)20)27-9-11-29-12-10-27/h1-8,13-14H,9-12H2. The largest absolute Gasteiger partial charge is 0.440 e. The van der Waals surface area contributed by atoms with E-state index < -0.39 is 0 Å². The molecular formula is C25H18ClNO3S. The van der Waals surface area contributed by atoms with E-state index in [1.165, 1.54) is 10.8 Å². The highest BCUT2D eigenvalue weighted by Crippen LogP contribution is 2.42. The van der Waals surface area contributed by atoms with Crippen LogP contribution in [0.4, 0.5) is 5.88 Å². The molecule has 31 heavy (non-hydrogen) atoms. The van der Waals surface area contributed by atoms with Gasteiger partial charge in [-0.1, -0.05) is 48.0 Å². The highest BCUT2D eigenvalue weighted by molar-refractivity contribution is 7.26. The van der Waals surface area contributed by atoms with Crippen molar-refractivity contribution in [2.45, 2.75) is 0 Å². The van der Waals surface area contributed by atoms with E-state index in [2.05, 4.69) is 29.2 Å². The smallest absolute Gasteiger partial charge is 0.200 e. The van der Waals surface area contributed by atoms with Gasteiger partial charge in [0.1, 0.15) is 5.58 Å². The number of para-hydroxylation sites is 1. The Morgan fingerprint density at radius 1 is 0.871 bits per heavy atom. The predicted molar refractivity (Wildman–Crippen MR) is 129 cm³/mol. The Hall–Kier alpha value is -2.86. The van der Waals surface area contributed by atoms with Crippen molar-refractivity contribution in [3.63, 3.8) is 0 Å². The Kier molecular flexibility index (Phi) is 4.49. The highest BCUT2D eigenvalue weighted by atomic mass is 35.5. The second kappa shape index (κ2) is 7.38. The van der Waals surface area contributed by atoms with Gasteiger partial charge < -0.3 is 14.1 Å². The lowest BCUT2D eigenvalue weighted by Crippen LogP contribution is -2.36. The Morgan fingerprint density at radius 3 is 2.48 bits per heavy atom. The minimum Gasteiger partial charge on any atom is -0.440 e. The molecule has 1 fully saturated rings. The molecule has 3 aromatic carbocycles. The summed E-state index contributed by atoms with van der Waals surface area (Å²) in [6.07, 6.45) is 0. The molecule has 0 amide bonds. The number of hydrogen-bond acceptors (Lipinski definition) is 5. The van der Waals surface area contributed by atoms with Crippen LogP contribution in [-0.4, -0.2) is 26.3 Å². The number of hydrogen-bond donors (Lipinski definition) is 0. The summed E-state index contributed by atoms with van der Waals surface area (Å²) in [7, 11) is 0. The number of anilines is 1. The summed E-state index contributed by atoms with van der Waals surface area (Å²) >= 11 is 7.94. The van der Waals surface area contributed by atoms with E-state index in [1.54, 1.807) is 17.4 Å². The Balaban J connectivity index is 1.62. The molecule has 0 bridgehead atoms. The number of halogens is 1. The molecule has 0 spiro atoms. The van der Waals surface area contributed by atoms with Crippen LogP contribution in [0, 0.1) is 0 Å². The van der Waals surface area contributed by atoms with Gasteiger partial charge in [-0.25, -0.2) is 0 Å². The average Bonchev–Trinajstić information content (AvgIpc) is 3.17. The molecule has 0 N–H and O–H groups in total. The molecule has 154 valence electrons. The molecule has 0 unspecified atom stereocenters. The van der Waals surface area contributed by atoms with E-state index in [1.807, 2.05) is 30.3 Å². The van der Waals surface area contributed by atoms with Gasteiger partial charge in [0.25, 0.3) is 0 Å². The Labute approximate surface area is 187 Å². The molecule has 2 aromatic heterocycles. The number of rotatable bonds is 2. The average molecular weight is 448 g/mol. The summed E-state index contributed by atoms with van der Waals surface area (Å²) in [6.45, 7) is 2.69. The molecule has 1 aliphatic heterocycles. The van der Waals surface area contributed by atoms with Crippen molar-refractivity contribution < 1.29 is 9.15 Å². The molecule has 5 aromatic rings. The lowest BCUT2D eigenvalue weighted by Gasteiger charge is -2.27. The van der Waals surface area contributed by atoms with Crippen LogP contribution in [0.15, 0.2) is 69.9 Å².